The lowest BCUT2D eigenvalue weighted by Crippen LogP contribution is -2.55. The van der Waals surface area contributed by atoms with Crippen molar-refractivity contribution in [1.29, 1.82) is 0 Å². The first-order chi connectivity index (χ1) is 11.5. The molecule has 3 saturated heterocycles. The van der Waals surface area contributed by atoms with Gasteiger partial charge in [0.05, 0.1) is 28.1 Å². The first-order valence-corrected chi connectivity index (χ1v) is 9.66. The van der Waals surface area contributed by atoms with Gasteiger partial charge in [-0.1, -0.05) is 17.7 Å². The molecule has 1 unspecified atom stereocenters. The summed E-state index contributed by atoms with van der Waals surface area (Å²) in [6.45, 7) is 1.99. The Kier molecular flexibility index (Phi) is 2.93. The van der Waals surface area contributed by atoms with Crippen LogP contribution in [0.1, 0.15) is 18.4 Å². The number of rotatable bonds is 3. The van der Waals surface area contributed by atoms with Crippen molar-refractivity contribution in [3.8, 4) is 0 Å². The van der Waals surface area contributed by atoms with E-state index in [9.17, 15) is 13.8 Å². The van der Waals surface area contributed by atoms with Crippen LogP contribution in [0.4, 0.5) is 0 Å². The van der Waals surface area contributed by atoms with Crippen LogP contribution < -0.4 is 0 Å². The molecule has 0 radical (unpaired) electrons. The Hall–Kier alpha value is -1.53. The predicted molar refractivity (Wildman–Crippen MR) is 84.6 cm³/mol. The average Bonchev–Trinajstić information content (AvgIpc) is 3.11. The zero-order valence-corrected chi connectivity index (χ0v) is 14.1. The molecule has 0 amide bonds. The van der Waals surface area contributed by atoms with Gasteiger partial charge in [0, 0.05) is 29.6 Å². The van der Waals surface area contributed by atoms with Crippen LogP contribution in [-0.4, -0.2) is 39.5 Å². The lowest BCUT2D eigenvalue weighted by molar-refractivity contribution is -0.144. The number of hydrogen-bond donors (Lipinski definition) is 0. The number of fused-ring (bicyclic) bond motifs is 2. The zero-order valence-electron chi connectivity index (χ0n) is 13.3. The Morgan fingerprint density at radius 1 is 1.12 bits per heavy atom. The van der Waals surface area contributed by atoms with Crippen LogP contribution in [0.15, 0.2) is 29.2 Å². The Morgan fingerprint density at radius 2 is 1.83 bits per heavy atom. The molecule has 1 saturated carbocycles. The minimum Gasteiger partial charge on any atom is -0.459 e. The highest BCUT2D eigenvalue weighted by Crippen LogP contribution is 2.63. The van der Waals surface area contributed by atoms with Crippen molar-refractivity contribution >= 4 is 22.6 Å². The molecule has 0 spiro atoms. The average molecular weight is 346 g/mol. The molecule has 1 aromatic rings. The summed E-state index contributed by atoms with van der Waals surface area (Å²) in [5, 5.41) is 0. The van der Waals surface area contributed by atoms with Gasteiger partial charge in [-0.25, -0.2) is 0 Å². The van der Waals surface area contributed by atoms with Crippen LogP contribution in [0.3, 0.4) is 0 Å². The number of ether oxygens (including phenoxy) is 2. The van der Waals surface area contributed by atoms with Gasteiger partial charge in [-0.2, -0.15) is 0 Å². The van der Waals surface area contributed by atoms with Gasteiger partial charge in [0.15, 0.2) is 0 Å². The van der Waals surface area contributed by atoms with E-state index in [1.165, 1.54) is 0 Å². The van der Waals surface area contributed by atoms with Crippen molar-refractivity contribution in [3.63, 3.8) is 0 Å². The Morgan fingerprint density at radius 3 is 2.58 bits per heavy atom. The molecule has 126 valence electrons. The molecule has 4 fully saturated rings. The summed E-state index contributed by atoms with van der Waals surface area (Å²) < 4.78 is 24.7. The number of ketones is 1. The molecule has 6 heteroatoms. The monoisotopic (exact) mass is 346 g/mol. The quantitative estimate of drug-likeness (QED) is 0.774. The molecule has 1 aromatic carbocycles. The van der Waals surface area contributed by atoms with E-state index in [-0.39, 0.29) is 41.7 Å². The molecule has 2 bridgehead atoms. The number of benzene rings is 1. The Labute approximate surface area is 142 Å². The zero-order chi connectivity index (χ0) is 16.6. The second-order valence-electron chi connectivity index (χ2n) is 7.43. The van der Waals surface area contributed by atoms with Gasteiger partial charge in [0.25, 0.3) is 0 Å². The fourth-order valence-corrected chi connectivity index (χ4v) is 6.65. The van der Waals surface area contributed by atoms with Gasteiger partial charge < -0.3 is 9.47 Å². The number of hydrogen-bond acceptors (Lipinski definition) is 5. The van der Waals surface area contributed by atoms with Gasteiger partial charge >= 0.3 is 5.97 Å². The summed E-state index contributed by atoms with van der Waals surface area (Å²) in [4.78, 5) is 25.1. The van der Waals surface area contributed by atoms with Crippen molar-refractivity contribution in [2.45, 2.75) is 42.5 Å². The summed E-state index contributed by atoms with van der Waals surface area (Å²) in [6, 6.07) is 7.64. The first-order valence-electron chi connectivity index (χ1n) is 8.35. The van der Waals surface area contributed by atoms with Crippen LogP contribution in [0.5, 0.6) is 0 Å². The van der Waals surface area contributed by atoms with E-state index < -0.39 is 16.4 Å². The molecule has 0 aromatic heterocycles. The largest absolute Gasteiger partial charge is 0.459 e. The highest BCUT2D eigenvalue weighted by Gasteiger charge is 2.77. The molecule has 4 aliphatic rings. The second-order valence-corrected chi connectivity index (χ2v) is 8.88. The van der Waals surface area contributed by atoms with E-state index in [0.29, 0.717) is 18.6 Å². The van der Waals surface area contributed by atoms with Crippen molar-refractivity contribution in [2.24, 2.45) is 17.8 Å². The summed E-state index contributed by atoms with van der Waals surface area (Å²) in [6.07, 6.45) is 0.113. The number of aryl methyl sites for hydroxylation is 1. The van der Waals surface area contributed by atoms with Gasteiger partial charge in [0.1, 0.15) is 18.0 Å². The van der Waals surface area contributed by atoms with Crippen molar-refractivity contribution in [2.75, 3.05) is 5.75 Å². The normalized spacial score (nSPS) is 43.1. The van der Waals surface area contributed by atoms with E-state index >= 15 is 0 Å². The maximum Gasteiger partial charge on any atom is 0.312 e. The van der Waals surface area contributed by atoms with Gasteiger partial charge in [-0.3, -0.25) is 13.8 Å². The molecule has 3 aliphatic heterocycles. The molecule has 5 rings (SSSR count). The Balaban J connectivity index is 1.51. The molecule has 3 heterocycles. The smallest absolute Gasteiger partial charge is 0.312 e. The molecule has 7 atom stereocenters. The fourth-order valence-electron chi connectivity index (χ4n) is 5.14. The maximum atomic E-state index is 12.9. The third-order valence-corrected chi connectivity index (χ3v) is 7.69. The highest BCUT2D eigenvalue weighted by atomic mass is 32.2. The van der Waals surface area contributed by atoms with Gasteiger partial charge in [-0.05, 0) is 19.1 Å². The number of Topliss-reactive ketones (excluding diaryl/α,β-unsaturated/α-hetero) is 1. The standard InChI is InChI=1S/C18H18O5S/c1-9-2-4-11(5-3-9)24(21)8-18-12-6-10(19)7-13(18)15-16(23-18)14(12)17(20)22-15/h2-5,12-16H,6-8H2,1H3/t12-,13-,14+,15-,16-,18+,24?/m0/s1. The first kappa shape index (κ1) is 14.8. The molecular weight excluding hydrogens is 328 g/mol. The van der Waals surface area contributed by atoms with Crippen LogP contribution >= 0.6 is 0 Å². The minimum atomic E-state index is -1.23. The maximum absolute atomic E-state index is 12.9. The molecule has 24 heavy (non-hydrogen) atoms. The van der Waals surface area contributed by atoms with E-state index in [4.69, 9.17) is 9.47 Å². The third kappa shape index (κ3) is 1.76. The minimum absolute atomic E-state index is 0.147. The summed E-state index contributed by atoms with van der Waals surface area (Å²) >= 11 is 0. The van der Waals surface area contributed by atoms with Crippen LogP contribution in [0, 0.1) is 24.7 Å². The van der Waals surface area contributed by atoms with Crippen LogP contribution in [0.2, 0.25) is 0 Å². The van der Waals surface area contributed by atoms with Gasteiger partial charge in [-0.15, -0.1) is 0 Å². The SMILES string of the molecule is Cc1ccc(S(=O)C[C@@]23O[C@@H]4[C@H]5OC(=O)[C@@H]4[C@@H]2CC(=O)C[C@@H]53)cc1. The number of carbonyl (C=O) groups is 2. The second kappa shape index (κ2) is 4.76. The Bertz CT molecular complexity index is 772. The van der Waals surface area contributed by atoms with Crippen LogP contribution in [-0.2, 0) is 29.9 Å². The van der Waals surface area contributed by atoms with Crippen LogP contribution in [0.25, 0.3) is 0 Å². The van der Waals surface area contributed by atoms with Crippen molar-refractivity contribution in [1.82, 2.24) is 0 Å². The predicted octanol–water partition coefficient (Wildman–Crippen LogP) is 1.39. The van der Waals surface area contributed by atoms with E-state index in [0.717, 1.165) is 10.5 Å². The lowest BCUT2D eigenvalue weighted by Gasteiger charge is -2.42. The van der Waals surface area contributed by atoms with E-state index in [2.05, 4.69) is 0 Å². The topological polar surface area (TPSA) is 69.7 Å². The van der Waals surface area contributed by atoms with Crippen molar-refractivity contribution in [3.05, 3.63) is 29.8 Å². The summed E-state index contributed by atoms with van der Waals surface area (Å²) in [7, 11) is -1.23. The molecular formula is C18H18O5S. The summed E-state index contributed by atoms with van der Waals surface area (Å²) in [5.41, 5.74) is 0.460. The van der Waals surface area contributed by atoms with Gasteiger partial charge in [0.2, 0.25) is 0 Å². The third-order valence-electron chi connectivity index (χ3n) is 6.18. The highest BCUT2D eigenvalue weighted by molar-refractivity contribution is 7.85. The number of esters is 1. The number of carbonyl (C=O) groups excluding carboxylic acids is 2. The van der Waals surface area contributed by atoms with Crippen molar-refractivity contribution < 1.29 is 23.3 Å². The fraction of sp³-hybridized carbons (Fsp3) is 0.556. The molecule has 1 aliphatic carbocycles. The lowest BCUT2D eigenvalue weighted by atomic mass is 9.60. The summed E-state index contributed by atoms with van der Waals surface area (Å²) in [5.74, 6) is -0.432. The molecule has 0 N–H and O–H groups in total. The molecule has 5 nitrogen and oxygen atoms in total. The van der Waals surface area contributed by atoms with E-state index in [1.54, 1.807) is 0 Å². The van der Waals surface area contributed by atoms with E-state index in [1.807, 2.05) is 31.2 Å².